The molecule has 2 N–H and O–H groups in total. The standard InChI is InChI=1S/C30H24N4O8S2/c1-2-42-21-14-16(8-13-20(21)35)23-24-25(28(38)33(27(24)37)18-9-11-19(12-10-18)34(40)41)43-29-26(23)44-30(39)32(29)15-22(36)31-17-6-4-3-5-7-17/h3-14,23-25,35H,2,15H2,1H3,(H,31,36)/t23-,24+,25-/m0/s1. The highest BCUT2D eigenvalue weighted by molar-refractivity contribution is 8.00. The molecule has 0 radical (unpaired) electrons. The number of aromatic hydroxyl groups is 1. The summed E-state index contributed by atoms with van der Waals surface area (Å²) in [6.07, 6.45) is 0. The van der Waals surface area contributed by atoms with Gasteiger partial charge in [-0.15, -0.1) is 0 Å². The predicted molar refractivity (Wildman–Crippen MR) is 163 cm³/mol. The number of phenols is 1. The second-order valence-electron chi connectivity index (χ2n) is 10.0. The van der Waals surface area contributed by atoms with Crippen LogP contribution in [0.1, 0.15) is 23.3 Å². The number of anilines is 2. The number of aromatic nitrogens is 1. The number of amides is 3. The number of thiazole rings is 1. The number of non-ortho nitro benzene ring substituents is 1. The minimum Gasteiger partial charge on any atom is -0.504 e. The number of thioether (sulfide) groups is 1. The fourth-order valence-corrected chi connectivity index (χ4v) is 8.23. The van der Waals surface area contributed by atoms with Crippen LogP contribution in [-0.2, 0) is 20.9 Å². The molecular formula is C30H24N4O8S2. The molecule has 1 saturated heterocycles. The van der Waals surface area contributed by atoms with Gasteiger partial charge in [0.25, 0.3) is 5.69 Å². The van der Waals surface area contributed by atoms with E-state index in [2.05, 4.69) is 5.32 Å². The zero-order valence-corrected chi connectivity index (χ0v) is 24.7. The zero-order valence-electron chi connectivity index (χ0n) is 23.0. The van der Waals surface area contributed by atoms with Crippen LogP contribution < -0.4 is 19.8 Å². The number of para-hydroxylation sites is 1. The number of phenolic OH excluding ortho intramolecular Hbond substituents is 1. The van der Waals surface area contributed by atoms with Crippen molar-refractivity contribution < 1.29 is 29.2 Å². The second-order valence-corrected chi connectivity index (χ2v) is 12.1. The number of nitrogens with zero attached hydrogens (tertiary/aromatic N) is 3. The first-order valence-electron chi connectivity index (χ1n) is 13.5. The fraction of sp³-hybridized carbons (Fsp3) is 0.200. The van der Waals surface area contributed by atoms with Crippen molar-refractivity contribution in [2.24, 2.45) is 5.92 Å². The van der Waals surface area contributed by atoms with Crippen LogP contribution in [0.2, 0.25) is 0 Å². The molecule has 3 aromatic carbocycles. The van der Waals surface area contributed by atoms with Crippen LogP contribution in [0.5, 0.6) is 11.5 Å². The van der Waals surface area contributed by atoms with Gasteiger partial charge in [0.15, 0.2) is 11.5 Å². The number of nitrogens with one attached hydrogen (secondary N) is 1. The van der Waals surface area contributed by atoms with Gasteiger partial charge in [-0.25, -0.2) is 4.90 Å². The number of fused-ring (bicyclic) bond motifs is 2. The molecule has 224 valence electrons. The third-order valence-electron chi connectivity index (χ3n) is 7.37. The van der Waals surface area contributed by atoms with Crippen molar-refractivity contribution in [3.8, 4) is 11.5 Å². The lowest BCUT2D eigenvalue weighted by molar-refractivity contribution is -0.384. The van der Waals surface area contributed by atoms with Gasteiger partial charge < -0.3 is 15.2 Å². The quantitative estimate of drug-likeness (QED) is 0.163. The van der Waals surface area contributed by atoms with Crippen LogP contribution >= 0.6 is 23.1 Å². The van der Waals surface area contributed by atoms with E-state index in [1.165, 1.54) is 34.9 Å². The van der Waals surface area contributed by atoms with Crippen LogP contribution in [-0.4, -0.2) is 44.2 Å². The molecule has 3 atom stereocenters. The van der Waals surface area contributed by atoms with Gasteiger partial charge in [0.2, 0.25) is 17.7 Å². The normalized spacial score (nSPS) is 18.9. The number of hydrogen-bond acceptors (Lipinski definition) is 10. The number of nitro benzene ring substituents is 1. The Bertz CT molecular complexity index is 1850. The lowest BCUT2D eigenvalue weighted by atomic mass is 9.83. The van der Waals surface area contributed by atoms with Gasteiger partial charge in [0.05, 0.1) is 28.2 Å². The monoisotopic (exact) mass is 632 g/mol. The molecule has 12 nitrogen and oxygen atoms in total. The molecule has 0 spiro atoms. The van der Waals surface area contributed by atoms with Crippen molar-refractivity contribution in [3.05, 3.63) is 103 Å². The van der Waals surface area contributed by atoms with E-state index in [0.717, 1.165) is 28.0 Å². The van der Waals surface area contributed by atoms with Crippen molar-refractivity contribution in [2.75, 3.05) is 16.8 Å². The molecule has 3 heterocycles. The van der Waals surface area contributed by atoms with Gasteiger partial charge in [0, 0.05) is 28.6 Å². The first-order valence-corrected chi connectivity index (χ1v) is 15.2. The molecular weight excluding hydrogens is 608 g/mol. The number of nitro groups is 1. The lowest BCUT2D eigenvalue weighted by Crippen LogP contribution is -2.33. The molecule has 2 aliphatic heterocycles. The number of rotatable bonds is 8. The largest absolute Gasteiger partial charge is 0.504 e. The van der Waals surface area contributed by atoms with E-state index in [1.54, 1.807) is 43.3 Å². The average molecular weight is 633 g/mol. The Labute approximate surface area is 258 Å². The van der Waals surface area contributed by atoms with Gasteiger partial charge in [-0.2, -0.15) is 0 Å². The summed E-state index contributed by atoms with van der Waals surface area (Å²) in [7, 11) is 0. The third kappa shape index (κ3) is 5.11. The predicted octanol–water partition coefficient (Wildman–Crippen LogP) is 4.36. The van der Waals surface area contributed by atoms with Crippen LogP contribution in [0.3, 0.4) is 0 Å². The van der Waals surface area contributed by atoms with E-state index < -0.39 is 44.6 Å². The molecule has 0 saturated carbocycles. The average Bonchev–Trinajstić information content (AvgIpc) is 3.45. The Hall–Kier alpha value is -4.95. The summed E-state index contributed by atoms with van der Waals surface area (Å²) in [5.74, 6) is -3.18. The SMILES string of the molecule is CCOc1cc([C@@H]2c3sc(=O)n(CC(=O)Nc4ccccc4)c3S[C@@H]3C(=O)N(c4ccc([N+](=O)[O-])cc4)C(=O)[C@H]23)ccc1O. The lowest BCUT2D eigenvalue weighted by Gasteiger charge is -2.31. The molecule has 1 fully saturated rings. The minimum atomic E-state index is -0.961. The molecule has 4 aromatic rings. The van der Waals surface area contributed by atoms with E-state index >= 15 is 0 Å². The van der Waals surface area contributed by atoms with Crippen molar-refractivity contribution >= 4 is 57.9 Å². The molecule has 0 unspecified atom stereocenters. The van der Waals surface area contributed by atoms with E-state index in [9.17, 15) is 34.4 Å². The Morgan fingerprint density at radius 1 is 1.05 bits per heavy atom. The fourth-order valence-electron chi connectivity index (χ4n) is 5.45. The number of carbonyl (C=O) groups is 3. The Morgan fingerprint density at radius 3 is 2.45 bits per heavy atom. The number of benzene rings is 3. The first kappa shape index (κ1) is 29.1. The highest BCUT2D eigenvalue weighted by atomic mass is 32.2. The van der Waals surface area contributed by atoms with Gasteiger partial charge in [0.1, 0.15) is 11.8 Å². The maximum Gasteiger partial charge on any atom is 0.308 e. The Morgan fingerprint density at radius 2 is 1.77 bits per heavy atom. The molecule has 2 aliphatic rings. The van der Waals surface area contributed by atoms with Crippen molar-refractivity contribution in [3.63, 3.8) is 0 Å². The van der Waals surface area contributed by atoms with Crippen LogP contribution in [0.15, 0.2) is 82.6 Å². The number of imide groups is 1. The molecule has 6 rings (SSSR count). The third-order valence-corrected chi connectivity index (χ3v) is 9.97. The van der Waals surface area contributed by atoms with E-state index in [4.69, 9.17) is 4.74 Å². The summed E-state index contributed by atoms with van der Waals surface area (Å²) in [6, 6.07) is 18.5. The first-order chi connectivity index (χ1) is 21.2. The van der Waals surface area contributed by atoms with Crippen LogP contribution in [0.4, 0.5) is 17.1 Å². The molecule has 0 bridgehead atoms. The smallest absolute Gasteiger partial charge is 0.308 e. The van der Waals surface area contributed by atoms with Gasteiger partial charge in [-0.05, 0) is 48.9 Å². The number of ether oxygens (including phenoxy) is 1. The van der Waals surface area contributed by atoms with Gasteiger partial charge in [-0.1, -0.05) is 47.4 Å². The van der Waals surface area contributed by atoms with Crippen LogP contribution in [0, 0.1) is 16.0 Å². The van der Waals surface area contributed by atoms with Crippen molar-refractivity contribution in [2.45, 2.75) is 29.7 Å². The van der Waals surface area contributed by atoms with E-state index in [1.807, 2.05) is 6.07 Å². The maximum atomic E-state index is 14.0. The zero-order chi connectivity index (χ0) is 31.1. The Balaban J connectivity index is 1.43. The minimum absolute atomic E-state index is 0.109. The highest BCUT2D eigenvalue weighted by Gasteiger charge is 2.57. The van der Waals surface area contributed by atoms with E-state index in [0.29, 0.717) is 21.2 Å². The summed E-state index contributed by atoms with van der Waals surface area (Å²) in [4.78, 5) is 65.9. The summed E-state index contributed by atoms with van der Waals surface area (Å²) >= 11 is 1.94. The van der Waals surface area contributed by atoms with Gasteiger partial charge in [-0.3, -0.25) is 33.9 Å². The van der Waals surface area contributed by atoms with Crippen LogP contribution in [0.25, 0.3) is 0 Å². The topological polar surface area (TPSA) is 161 Å². The molecule has 0 aliphatic carbocycles. The Kier molecular flexibility index (Phi) is 7.69. The summed E-state index contributed by atoms with van der Waals surface area (Å²) in [5, 5.41) is 23.7. The molecule has 1 aromatic heterocycles. The number of carbonyl (C=O) groups excluding carboxylic acids is 3. The summed E-state index contributed by atoms with van der Waals surface area (Å²) in [5.41, 5.74) is 1.09. The number of hydrogen-bond donors (Lipinski definition) is 2. The van der Waals surface area contributed by atoms with Crippen molar-refractivity contribution in [1.82, 2.24) is 4.57 Å². The molecule has 3 amide bonds. The molecule has 14 heteroatoms. The summed E-state index contributed by atoms with van der Waals surface area (Å²) < 4.78 is 6.89. The van der Waals surface area contributed by atoms with E-state index in [-0.39, 0.29) is 36.0 Å². The van der Waals surface area contributed by atoms with Gasteiger partial charge >= 0.3 is 4.87 Å². The summed E-state index contributed by atoms with van der Waals surface area (Å²) in [6.45, 7) is 1.70. The highest BCUT2D eigenvalue weighted by Crippen LogP contribution is 2.54. The second kappa shape index (κ2) is 11.6. The maximum absolute atomic E-state index is 14.0. The van der Waals surface area contributed by atoms with Crippen molar-refractivity contribution in [1.29, 1.82) is 0 Å². The molecule has 44 heavy (non-hydrogen) atoms.